The molecule has 126 valence electrons. The van der Waals surface area contributed by atoms with Gasteiger partial charge >= 0.3 is 5.97 Å². The molecule has 0 aromatic heterocycles. The van der Waals surface area contributed by atoms with Crippen molar-refractivity contribution >= 4 is 11.8 Å². The summed E-state index contributed by atoms with van der Waals surface area (Å²) in [6.07, 6.45) is 12.6. The minimum Gasteiger partial charge on any atom is -0.443 e. The maximum atomic E-state index is 12.1. The topological polar surface area (TPSA) is 55.4 Å². The Hall–Kier alpha value is -0.900. The lowest BCUT2D eigenvalue weighted by Gasteiger charge is -2.44. The van der Waals surface area contributed by atoms with E-state index in [1.807, 2.05) is 0 Å². The Morgan fingerprint density at radius 1 is 1.23 bits per heavy atom. The van der Waals surface area contributed by atoms with Crippen molar-refractivity contribution in [2.24, 2.45) is 0 Å². The molecule has 2 heterocycles. The Morgan fingerprint density at radius 3 is 2.73 bits per heavy atom. The third-order valence-corrected chi connectivity index (χ3v) is 4.85. The Labute approximate surface area is 134 Å². The highest BCUT2D eigenvalue weighted by Crippen LogP contribution is 2.33. The summed E-state index contributed by atoms with van der Waals surface area (Å²) in [5.41, 5.74) is -0.684. The van der Waals surface area contributed by atoms with Gasteiger partial charge in [-0.05, 0) is 19.3 Å². The Morgan fingerprint density at radius 2 is 1.95 bits per heavy atom. The summed E-state index contributed by atoms with van der Waals surface area (Å²) < 4.78 is 5.69. The molecule has 0 spiro atoms. The summed E-state index contributed by atoms with van der Waals surface area (Å²) in [5, 5.41) is 3.39. The standard InChI is InChI=1S/C18H31NO3/c1-2-3-4-5-6-7-8-11-17(21)22-18-12-9-10-15(19-18)13-16(20)14-18/h15,19H,2-14H2,1H3. The molecule has 2 unspecified atom stereocenters. The van der Waals surface area contributed by atoms with E-state index in [4.69, 9.17) is 4.74 Å². The van der Waals surface area contributed by atoms with Crippen LogP contribution in [0.1, 0.15) is 90.4 Å². The highest BCUT2D eigenvalue weighted by atomic mass is 16.6. The minimum absolute atomic E-state index is 0.142. The summed E-state index contributed by atoms with van der Waals surface area (Å²) in [5.74, 6) is 0.0867. The average molecular weight is 309 g/mol. The van der Waals surface area contributed by atoms with E-state index < -0.39 is 5.72 Å². The average Bonchev–Trinajstić information content (AvgIpc) is 2.45. The van der Waals surface area contributed by atoms with Crippen LogP contribution in [0.25, 0.3) is 0 Å². The predicted octanol–water partition coefficient (Wildman–Crippen LogP) is 3.87. The van der Waals surface area contributed by atoms with Crippen molar-refractivity contribution in [1.82, 2.24) is 5.32 Å². The second-order valence-electron chi connectivity index (χ2n) is 6.99. The number of fused-ring (bicyclic) bond motifs is 2. The van der Waals surface area contributed by atoms with Gasteiger partial charge in [0.2, 0.25) is 0 Å². The first kappa shape index (κ1) is 17.5. The van der Waals surface area contributed by atoms with Crippen molar-refractivity contribution in [2.45, 2.75) is 102 Å². The largest absolute Gasteiger partial charge is 0.443 e. The Kier molecular flexibility index (Phi) is 6.87. The van der Waals surface area contributed by atoms with Gasteiger partial charge in [0.25, 0.3) is 0 Å². The molecule has 2 bridgehead atoms. The molecule has 2 rings (SSSR count). The van der Waals surface area contributed by atoms with Crippen LogP contribution in [0.4, 0.5) is 0 Å². The van der Waals surface area contributed by atoms with Crippen molar-refractivity contribution in [3.63, 3.8) is 0 Å². The zero-order chi connectivity index (χ0) is 15.8. The maximum absolute atomic E-state index is 12.1. The van der Waals surface area contributed by atoms with Gasteiger partial charge in [-0.2, -0.15) is 0 Å². The number of ketones is 1. The zero-order valence-electron chi connectivity index (χ0n) is 14.0. The van der Waals surface area contributed by atoms with Crippen LogP contribution in [0.15, 0.2) is 0 Å². The number of Topliss-reactive ketones (excluding diaryl/α,β-unsaturated/α-hetero) is 1. The normalized spacial score (nSPS) is 27.7. The van der Waals surface area contributed by atoms with Crippen LogP contribution in [0.5, 0.6) is 0 Å². The van der Waals surface area contributed by atoms with Gasteiger partial charge in [-0.3, -0.25) is 14.9 Å². The second kappa shape index (κ2) is 8.66. The molecule has 0 saturated carbocycles. The molecule has 0 amide bonds. The van der Waals surface area contributed by atoms with Gasteiger partial charge < -0.3 is 4.74 Å². The van der Waals surface area contributed by atoms with Crippen molar-refractivity contribution in [3.8, 4) is 0 Å². The van der Waals surface area contributed by atoms with E-state index in [0.717, 1.165) is 32.1 Å². The van der Waals surface area contributed by atoms with E-state index in [9.17, 15) is 9.59 Å². The highest BCUT2D eigenvalue weighted by Gasteiger charge is 2.44. The molecule has 22 heavy (non-hydrogen) atoms. The molecule has 2 aliphatic heterocycles. The molecule has 0 aliphatic carbocycles. The number of rotatable bonds is 9. The van der Waals surface area contributed by atoms with Crippen molar-refractivity contribution in [2.75, 3.05) is 0 Å². The van der Waals surface area contributed by atoms with Crippen molar-refractivity contribution in [3.05, 3.63) is 0 Å². The number of hydrogen-bond donors (Lipinski definition) is 1. The van der Waals surface area contributed by atoms with Crippen LogP contribution in [-0.2, 0) is 14.3 Å². The highest BCUT2D eigenvalue weighted by molar-refractivity contribution is 5.82. The molecule has 0 aromatic carbocycles. The molecule has 4 heteroatoms. The SMILES string of the molecule is CCCCCCCCCC(=O)OC12CCCC(CC(=O)C1)N2. The smallest absolute Gasteiger partial charge is 0.307 e. The van der Waals surface area contributed by atoms with Crippen LogP contribution in [0, 0.1) is 0 Å². The summed E-state index contributed by atoms with van der Waals surface area (Å²) in [7, 11) is 0. The number of unbranched alkanes of at least 4 members (excludes halogenated alkanes) is 6. The number of ether oxygens (including phenoxy) is 1. The third kappa shape index (κ3) is 5.38. The van der Waals surface area contributed by atoms with Crippen molar-refractivity contribution in [1.29, 1.82) is 0 Å². The second-order valence-corrected chi connectivity index (χ2v) is 6.99. The van der Waals surface area contributed by atoms with Gasteiger partial charge in [0.05, 0.1) is 6.42 Å². The number of piperidine rings is 2. The van der Waals surface area contributed by atoms with E-state index in [1.54, 1.807) is 0 Å². The van der Waals surface area contributed by atoms with Gasteiger partial charge in [-0.1, -0.05) is 45.4 Å². The van der Waals surface area contributed by atoms with Gasteiger partial charge in [0.1, 0.15) is 5.78 Å². The van der Waals surface area contributed by atoms with Gasteiger partial charge in [-0.15, -0.1) is 0 Å². The molecule has 4 nitrogen and oxygen atoms in total. The van der Waals surface area contributed by atoms with E-state index in [2.05, 4.69) is 12.2 Å². The van der Waals surface area contributed by atoms with E-state index in [1.165, 1.54) is 32.1 Å². The lowest BCUT2D eigenvalue weighted by molar-refractivity contribution is -0.175. The third-order valence-electron chi connectivity index (χ3n) is 4.85. The van der Waals surface area contributed by atoms with E-state index >= 15 is 0 Å². The van der Waals surface area contributed by atoms with Crippen LogP contribution in [0.2, 0.25) is 0 Å². The molecular weight excluding hydrogens is 278 g/mol. The quantitative estimate of drug-likeness (QED) is 0.519. The monoisotopic (exact) mass is 309 g/mol. The first-order chi connectivity index (χ1) is 10.6. The minimum atomic E-state index is -0.684. The Balaban J connectivity index is 1.64. The molecule has 2 saturated heterocycles. The summed E-state index contributed by atoms with van der Waals surface area (Å²) >= 11 is 0. The van der Waals surface area contributed by atoms with Crippen LogP contribution in [0.3, 0.4) is 0 Å². The number of nitrogens with one attached hydrogen (secondary N) is 1. The molecule has 0 aromatic rings. The lowest BCUT2D eigenvalue weighted by Crippen LogP contribution is -2.61. The van der Waals surface area contributed by atoms with E-state index in [-0.39, 0.29) is 17.8 Å². The van der Waals surface area contributed by atoms with Crippen molar-refractivity contribution < 1.29 is 14.3 Å². The van der Waals surface area contributed by atoms with Crippen LogP contribution >= 0.6 is 0 Å². The van der Waals surface area contributed by atoms with Crippen LogP contribution in [-0.4, -0.2) is 23.5 Å². The molecule has 1 N–H and O–H groups in total. The lowest BCUT2D eigenvalue weighted by atomic mass is 9.83. The van der Waals surface area contributed by atoms with Gasteiger partial charge in [0, 0.05) is 25.3 Å². The first-order valence-electron chi connectivity index (χ1n) is 9.15. The molecule has 2 aliphatic rings. The molecule has 2 atom stereocenters. The number of carbonyl (C=O) groups excluding carboxylic acids is 2. The number of esters is 1. The number of hydrogen-bond acceptors (Lipinski definition) is 4. The maximum Gasteiger partial charge on any atom is 0.307 e. The number of carbonyl (C=O) groups is 2. The summed E-state index contributed by atoms with van der Waals surface area (Å²) in [6.45, 7) is 2.22. The first-order valence-corrected chi connectivity index (χ1v) is 9.15. The zero-order valence-corrected chi connectivity index (χ0v) is 14.0. The van der Waals surface area contributed by atoms with Gasteiger partial charge in [-0.25, -0.2) is 0 Å². The van der Waals surface area contributed by atoms with Gasteiger partial charge in [0.15, 0.2) is 5.72 Å². The fourth-order valence-corrected chi connectivity index (χ4v) is 3.72. The summed E-state index contributed by atoms with van der Waals surface area (Å²) in [4.78, 5) is 23.9. The van der Waals surface area contributed by atoms with E-state index in [0.29, 0.717) is 19.3 Å². The van der Waals surface area contributed by atoms with Crippen LogP contribution < -0.4 is 5.32 Å². The Bertz CT molecular complexity index is 383. The summed E-state index contributed by atoms with van der Waals surface area (Å²) in [6, 6.07) is 0.210. The fraction of sp³-hybridized carbons (Fsp3) is 0.889. The molecule has 0 radical (unpaired) electrons. The molecular formula is C18H31NO3. The fourth-order valence-electron chi connectivity index (χ4n) is 3.72. The predicted molar refractivity (Wildman–Crippen MR) is 86.4 cm³/mol. The molecule has 2 fully saturated rings.